The second-order valence-electron chi connectivity index (χ2n) is 4.31. The summed E-state index contributed by atoms with van der Waals surface area (Å²) in [5.74, 6) is -0.681. The van der Waals surface area contributed by atoms with Gasteiger partial charge in [-0.3, -0.25) is 0 Å². The minimum Gasteiger partial charge on any atom is -0.330 e. The topological polar surface area (TPSA) is 26.0 Å². The third kappa shape index (κ3) is 3.72. The zero-order valence-electron chi connectivity index (χ0n) is 10.7. The Morgan fingerprint density at radius 3 is 2.35 bits per heavy atom. The summed E-state index contributed by atoms with van der Waals surface area (Å²) >= 11 is 7.12. The van der Waals surface area contributed by atoms with E-state index in [0.29, 0.717) is 29.3 Å². The molecule has 0 unspecified atom stereocenters. The third-order valence-electron chi connectivity index (χ3n) is 2.82. The van der Waals surface area contributed by atoms with Crippen molar-refractivity contribution in [2.45, 2.75) is 17.1 Å². The summed E-state index contributed by atoms with van der Waals surface area (Å²) in [7, 11) is 0. The second kappa shape index (κ2) is 7.07. The molecule has 106 valence electrons. The minimum atomic E-state index is -0.550. The number of hydrogen-bond donors (Lipinski definition) is 1. The monoisotopic (exact) mass is 313 g/mol. The SMILES string of the molecule is NCCc1cc(F)c(SCc2ccccc2Cl)c(F)c1. The quantitative estimate of drug-likeness (QED) is 0.827. The van der Waals surface area contributed by atoms with Crippen molar-refractivity contribution in [3.8, 4) is 0 Å². The van der Waals surface area contributed by atoms with Crippen LogP contribution in [-0.4, -0.2) is 6.54 Å². The van der Waals surface area contributed by atoms with Gasteiger partial charge in [-0.15, -0.1) is 11.8 Å². The van der Waals surface area contributed by atoms with Crippen molar-refractivity contribution in [3.05, 3.63) is 64.2 Å². The van der Waals surface area contributed by atoms with E-state index in [1.807, 2.05) is 18.2 Å². The fraction of sp³-hybridized carbons (Fsp3) is 0.200. The molecule has 0 aromatic heterocycles. The van der Waals surface area contributed by atoms with Gasteiger partial charge in [0.05, 0.1) is 4.90 Å². The maximum Gasteiger partial charge on any atom is 0.140 e. The molecule has 0 aliphatic rings. The third-order valence-corrected chi connectivity index (χ3v) is 4.32. The first-order valence-corrected chi connectivity index (χ1v) is 7.52. The average molecular weight is 314 g/mol. The molecule has 5 heteroatoms. The number of rotatable bonds is 5. The van der Waals surface area contributed by atoms with E-state index in [2.05, 4.69) is 0 Å². The molecule has 0 aliphatic carbocycles. The molecular weight excluding hydrogens is 300 g/mol. The predicted octanol–water partition coefficient (Wildman–Crippen LogP) is 4.41. The lowest BCUT2D eigenvalue weighted by Gasteiger charge is -2.08. The summed E-state index contributed by atoms with van der Waals surface area (Å²) in [6.45, 7) is 0.366. The van der Waals surface area contributed by atoms with Gasteiger partial charge >= 0.3 is 0 Å². The maximum absolute atomic E-state index is 13.9. The van der Waals surface area contributed by atoms with Gasteiger partial charge < -0.3 is 5.73 Å². The lowest BCUT2D eigenvalue weighted by atomic mass is 10.1. The van der Waals surface area contributed by atoms with Crippen LogP contribution in [0, 0.1) is 11.6 Å². The van der Waals surface area contributed by atoms with Crippen molar-refractivity contribution in [2.75, 3.05) is 6.54 Å². The van der Waals surface area contributed by atoms with Gasteiger partial charge in [0.1, 0.15) is 11.6 Å². The average Bonchev–Trinajstić information content (AvgIpc) is 2.40. The standard InChI is InChI=1S/C15H14ClF2NS/c16-12-4-2-1-3-11(12)9-20-15-13(17)7-10(5-6-19)8-14(15)18/h1-4,7-8H,5-6,9,19H2. The Hall–Kier alpha value is -1.10. The molecule has 0 saturated carbocycles. The van der Waals surface area contributed by atoms with Crippen LogP contribution in [0.4, 0.5) is 8.78 Å². The Labute approximate surface area is 126 Å². The normalized spacial score (nSPS) is 10.8. The van der Waals surface area contributed by atoms with Crippen LogP contribution in [0.5, 0.6) is 0 Å². The van der Waals surface area contributed by atoms with Gasteiger partial charge in [-0.1, -0.05) is 29.8 Å². The van der Waals surface area contributed by atoms with Gasteiger partial charge in [0.15, 0.2) is 0 Å². The van der Waals surface area contributed by atoms with Crippen molar-refractivity contribution in [3.63, 3.8) is 0 Å². The molecule has 0 bridgehead atoms. The van der Waals surface area contributed by atoms with E-state index in [1.54, 1.807) is 6.07 Å². The summed E-state index contributed by atoms with van der Waals surface area (Å²) < 4.78 is 27.8. The number of benzene rings is 2. The van der Waals surface area contributed by atoms with Gasteiger partial charge in [0.25, 0.3) is 0 Å². The highest BCUT2D eigenvalue weighted by Gasteiger charge is 2.12. The molecule has 2 aromatic rings. The number of hydrogen-bond acceptors (Lipinski definition) is 2. The Bertz CT molecular complexity index is 581. The van der Waals surface area contributed by atoms with E-state index in [9.17, 15) is 8.78 Å². The molecule has 2 rings (SSSR count). The maximum atomic E-state index is 13.9. The summed E-state index contributed by atoms with van der Waals surface area (Å²) in [6, 6.07) is 9.94. The Morgan fingerprint density at radius 1 is 1.10 bits per heavy atom. The van der Waals surface area contributed by atoms with Gasteiger partial charge in [-0.25, -0.2) is 8.78 Å². The van der Waals surface area contributed by atoms with Crippen molar-refractivity contribution in [2.24, 2.45) is 5.73 Å². The van der Waals surface area contributed by atoms with Gasteiger partial charge in [0, 0.05) is 10.8 Å². The molecule has 0 spiro atoms. The summed E-state index contributed by atoms with van der Waals surface area (Å²) in [4.78, 5) is 0.0192. The first kappa shape index (κ1) is 15.3. The molecule has 0 fully saturated rings. The number of halogens is 3. The molecule has 2 N–H and O–H groups in total. The molecule has 0 radical (unpaired) electrons. The van der Waals surface area contributed by atoms with Crippen LogP contribution in [0.2, 0.25) is 5.02 Å². The molecule has 0 heterocycles. The van der Waals surface area contributed by atoms with Crippen molar-refractivity contribution >= 4 is 23.4 Å². The highest BCUT2D eigenvalue weighted by molar-refractivity contribution is 7.98. The molecule has 0 atom stereocenters. The predicted molar refractivity (Wildman–Crippen MR) is 80.1 cm³/mol. The Morgan fingerprint density at radius 2 is 1.75 bits per heavy atom. The minimum absolute atomic E-state index is 0.0192. The van der Waals surface area contributed by atoms with E-state index in [1.165, 1.54) is 12.1 Å². The lowest BCUT2D eigenvalue weighted by molar-refractivity contribution is 0.537. The number of nitrogens with two attached hydrogens (primary N) is 1. The van der Waals surface area contributed by atoms with Crippen LogP contribution in [0.1, 0.15) is 11.1 Å². The Kier molecular flexibility index (Phi) is 5.40. The van der Waals surface area contributed by atoms with Crippen molar-refractivity contribution in [1.29, 1.82) is 0 Å². The van der Waals surface area contributed by atoms with Gasteiger partial charge in [-0.2, -0.15) is 0 Å². The highest BCUT2D eigenvalue weighted by Crippen LogP contribution is 2.31. The van der Waals surface area contributed by atoms with E-state index in [0.717, 1.165) is 17.3 Å². The Balaban J connectivity index is 2.16. The summed E-state index contributed by atoms with van der Waals surface area (Å²) in [5, 5.41) is 0.598. The molecule has 0 amide bonds. The molecule has 2 aromatic carbocycles. The lowest BCUT2D eigenvalue weighted by Crippen LogP contribution is -2.04. The molecule has 0 saturated heterocycles. The first-order chi connectivity index (χ1) is 9.61. The van der Waals surface area contributed by atoms with E-state index >= 15 is 0 Å². The highest BCUT2D eigenvalue weighted by atomic mass is 35.5. The van der Waals surface area contributed by atoms with E-state index in [-0.39, 0.29) is 4.90 Å². The zero-order valence-corrected chi connectivity index (χ0v) is 12.3. The van der Waals surface area contributed by atoms with Crippen LogP contribution in [-0.2, 0) is 12.2 Å². The van der Waals surface area contributed by atoms with E-state index in [4.69, 9.17) is 17.3 Å². The molecule has 1 nitrogen and oxygen atoms in total. The first-order valence-electron chi connectivity index (χ1n) is 6.16. The van der Waals surface area contributed by atoms with Crippen LogP contribution in [0.3, 0.4) is 0 Å². The van der Waals surface area contributed by atoms with Gasteiger partial charge in [0.2, 0.25) is 0 Å². The summed E-state index contributed by atoms with van der Waals surface area (Å²) in [6.07, 6.45) is 0.462. The molecule has 0 aliphatic heterocycles. The fourth-order valence-electron chi connectivity index (χ4n) is 1.83. The fourth-order valence-corrected chi connectivity index (χ4v) is 3.05. The number of thioether (sulfide) groups is 1. The second-order valence-corrected chi connectivity index (χ2v) is 5.70. The van der Waals surface area contributed by atoms with Gasteiger partial charge in [-0.05, 0) is 42.3 Å². The smallest absolute Gasteiger partial charge is 0.140 e. The van der Waals surface area contributed by atoms with E-state index < -0.39 is 11.6 Å². The van der Waals surface area contributed by atoms with Crippen LogP contribution in [0.25, 0.3) is 0 Å². The van der Waals surface area contributed by atoms with Crippen molar-refractivity contribution < 1.29 is 8.78 Å². The molecular formula is C15H14ClF2NS. The molecule has 20 heavy (non-hydrogen) atoms. The van der Waals surface area contributed by atoms with Crippen molar-refractivity contribution in [1.82, 2.24) is 0 Å². The zero-order chi connectivity index (χ0) is 14.5. The summed E-state index contributed by atoms with van der Waals surface area (Å²) in [5.41, 5.74) is 6.81. The van der Waals surface area contributed by atoms with Crippen LogP contribution >= 0.6 is 23.4 Å². The van der Waals surface area contributed by atoms with Crippen LogP contribution in [0.15, 0.2) is 41.3 Å². The van der Waals surface area contributed by atoms with Crippen LogP contribution < -0.4 is 5.73 Å². The largest absolute Gasteiger partial charge is 0.330 e.